The van der Waals surface area contributed by atoms with Gasteiger partial charge < -0.3 is 15.4 Å². The van der Waals surface area contributed by atoms with Crippen LogP contribution in [0.4, 0.5) is 5.69 Å². The minimum Gasteiger partial charge on any atom is -0.455 e. The largest absolute Gasteiger partial charge is 0.455 e. The lowest BCUT2D eigenvalue weighted by Crippen LogP contribution is -2.35. The summed E-state index contributed by atoms with van der Waals surface area (Å²) in [6.07, 6.45) is 0.124. The lowest BCUT2D eigenvalue weighted by atomic mass is 10.2. The van der Waals surface area contributed by atoms with Crippen LogP contribution in [0.15, 0.2) is 45.6 Å². The van der Waals surface area contributed by atoms with Crippen LogP contribution in [0.2, 0.25) is 0 Å². The number of hydrogen-bond acceptors (Lipinski definition) is 5. The third-order valence-electron chi connectivity index (χ3n) is 2.89. The van der Waals surface area contributed by atoms with E-state index in [9.17, 15) is 14.4 Å². The predicted octanol–water partition coefficient (Wildman–Crippen LogP) is 2.35. The van der Waals surface area contributed by atoms with E-state index in [4.69, 9.17) is 4.74 Å². The van der Waals surface area contributed by atoms with Crippen molar-refractivity contribution in [3.8, 4) is 0 Å². The first-order valence-corrected chi connectivity index (χ1v) is 8.76. The number of rotatable bonds is 7. The number of anilines is 1. The summed E-state index contributed by atoms with van der Waals surface area (Å²) >= 11 is 4.80. The van der Waals surface area contributed by atoms with E-state index in [1.807, 2.05) is 22.9 Å². The molecule has 0 aliphatic rings. The van der Waals surface area contributed by atoms with Crippen LogP contribution < -0.4 is 10.6 Å². The van der Waals surface area contributed by atoms with Gasteiger partial charge in [-0.25, -0.2) is 0 Å². The molecule has 0 fully saturated rings. The van der Waals surface area contributed by atoms with Crippen LogP contribution in [0.1, 0.15) is 5.56 Å². The lowest BCUT2D eigenvalue weighted by Gasteiger charge is -2.08. The van der Waals surface area contributed by atoms with Crippen LogP contribution in [0, 0.1) is 0 Å². The smallest absolute Gasteiger partial charge is 0.310 e. The van der Waals surface area contributed by atoms with Gasteiger partial charge >= 0.3 is 5.97 Å². The summed E-state index contributed by atoms with van der Waals surface area (Å²) in [5.74, 6) is -1.39. The highest BCUT2D eigenvalue weighted by Crippen LogP contribution is 2.20. The van der Waals surface area contributed by atoms with Gasteiger partial charge in [0.2, 0.25) is 5.91 Å². The molecule has 2 amide bonds. The first-order valence-electron chi connectivity index (χ1n) is 7.02. The molecule has 1 aromatic carbocycles. The second-order valence-electron chi connectivity index (χ2n) is 4.77. The fourth-order valence-electron chi connectivity index (χ4n) is 1.74. The number of para-hydroxylation sites is 1. The molecule has 126 valence electrons. The summed E-state index contributed by atoms with van der Waals surface area (Å²) in [5, 5.41) is 8.75. The van der Waals surface area contributed by atoms with E-state index in [-0.39, 0.29) is 18.9 Å². The topological polar surface area (TPSA) is 84.5 Å². The minimum atomic E-state index is -0.532. The Kier molecular flexibility index (Phi) is 6.95. The molecule has 0 aliphatic heterocycles. The van der Waals surface area contributed by atoms with Gasteiger partial charge in [0.1, 0.15) is 0 Å². The van der Waals surface area contributed by atoms with Gasteiger partial charge in [0, 0.05) is 4.47 Å². The maximum Gasteiger partial charge on any atom is 0.310 e. The molecular formula is C16H15BrN2O4S. The normalized spacial score (nSPS) is 10.0. The molecule has 1 aromatic heterocycles. The first kappa shape index (κ1) is 18.2. The predicted molar refractivity (Wildman–Crippen MR) is 94.8 cm³/mol. The molecule has 0 bridgehead atoms. The molecule has 0 unspecified atom stereocenters. The van der Waals surface area contributed by atoms with E-state index < -0.39 is 18.5 Å². The highest BCUT2D eigenvalue weighted by molar-refractivity contribution is 9.10. The summed E-state index contributed by atoms with van der Waals surface area (Å²) in [4.78, 5) is 34.9. The fraction of sp³-hybridized carbons (Fsp3) is 0.188. The third-order valence-corrected chi connectivity index (χ3v) is 4.31. The first-order chi connectivity index (χ1) is 11.5. The summed E-state index contributed by atoms with van der Waals surface area (Å²) in [6, 6.07) is 8.95. The van der Waals surface area contributed by atoms with Crippen molar-refractivity contribution < 1.29 is 19.1 Å². The van der Waals surface area contributed by atoms with Crippen molar-refractivity contribution in [1.82, 2.24) is 5.32 Å². The monoisotopic (exact) mass is 410 g/mol. The van der Waals surface area contributed by atoms with E-state index in [1.165, 1.54) is 11.3 Å². The third kappa shape index (κ3) is 6.13. The van der Waals surface area contributed by atoms with Gasteiger partial charge in [-0.15, -0.1) is 0 Å². The van der Waals surface area contributed by atoms with Crippen LogP contribution in [0.5, 0.6) is 0 Å². The van der Waals surface area contributed by atoms with E-state index >= 15 is 0 Å². The molecule has 1 heterocycles. The zero-order valence-electron chi connectivity index (χ0n) is 12.6. The van der Waals surface area contributed by atoms with Gasteiger partial charge in [0.05, 0.1) is 18.7 Å². The molecule has 2 rings (SSSR count). The van der Waals surface area contributed by atoms with Gasteiger partial charge in [-0.05, 0) is 50.5 Å². The van der Waals surface area contributed by atoms with E-state index in [1.54, 1.807) is 18.2 Å². The maximum absolute atomic E-state index is 11.8. The van der Waals surface area contributed by atoms with Crippen molar-refractivity contribution in [3.63, 3.8) is 0 Å². The number of halogens is 1. The van der Waals surface area contributed by atoms with Crippen LogP contribution >= 0.6 is 27.3 Å². The Hall–Kier alpha value is -2.19. The van der Waals surface area contributed by atoms with E-state index in [0.717, 1.165) is 10.0 Å². The van der Waals surface area contributed by atoms with Crippen molar-refractivity contribution >= 4 is 50.7 Å². The Morgan fingerprint density at radius 3 is 2.62 bits per heavy atom. The number of nitrogens with one attached hydrogen (secondary N) is 2. The molecule has 0 spiro atoms. The van der Waals surface area contributed by atoms with Crippen LogP contribution in [0.25, 0.3) is 0 Å². The van der Waals surface area contributed by atoms with Crippen LogP contribution in [-0.2, 0) is 25.5 Å². The lowest BCUT2D eigenvalue weighted by molar-refractivity contribution is -0.147. The molecule has 0 radical (unpaired) electrons. The molecule has 2 aromatic rings. The number of ether oxygens (including phenoxy) is 1. The molecule has 0 saturated heterocycles. The Balaban J connectivity index is 1.66. The fourth-order valence-corrected chi connectivity index (χ4v) is 2.80. The second kappa shape index (κ2) is 9.19. The highest BCUT2D eigenvalue weighted by atomic mass is 79.9. The van der Waals surface area contributed by atoms with Crippen molar-refractivity contribution in [2.45, 2.75) is 6.42 Å². The van der Waals surface area contributed by atoms with Crippen molar-refractivity contribution in [2.75, 3.05) is 18.5 Å². The van der Waals surface area contributed by atoms with Crippen molar-refractivity contribution in [3.05, 3.63) is 51.1 Å². The summed E-state index contributed by atoms with van der Waals surface area (Å²) in [5.41, 5.74) is 1.46. The summed E-state index contributed by atoms with van der Waals surface area (Å²) in [6.45, 7) is -0.618. The average Bonchev–Trinajstić information content (AvgIpc) is 3.06. The Bertz CT molecular complexity index is 719. The number of hydrogen-bond donors (Lipinski definition) is 2. The molecule has 6 nitrogen and oxygen atoms in total. The molecular weight excluding hydrogens is 396 g/mol. The number of benzene rings is 1. The van der Waals surface area contributed by atoms with Crippen molar-refractivity contribution in [1.29, 1.82) is 0 Å². The highest BCUT2D eigenvalue weighted by Gasteiger charge is 2.11. The molecule has 24 heavy (non-hydrogen) atoms. The summed E-state index contributed by atoms with van der Waals surface area (Å²) in [7, 11) is 0. The zero-order valence-corrected chi connectivity index (χ0v) is 15.0. The van der Waals surface area contributed by atoms with Gasteiger partial charge in [0.15, 0.2) is 6.61 Å². The Morgan fingerprint density at radius 1 is 1.12 bits per heavy atom. The van der Waals surface area contributed by atoms with E-state index in [0.29, 0.717) is 5.69 Å². The zero-order chi connectivity index (χ0) is 17.4. The van der Waals surface area contributed by atoms with Crippen LogP contribution in [-0.4, -0.2) is 30.9 Å². The van der Waals surface area contributed by atoms with Gasteiger partial charge in [-0.3, -0.25) is 14.4 Å². The minimum absolute atomic E-state index is 0.124. The Labute approximate surface area is 151 Å². The number of carbonyl (C=O) groups is 3. The SMILES string of the molecule is O=C(COC(=O)Cc1ccsc1)NCC(=O)Nc1ccccc1Br. The van der Waals surface area contributed by atoms with Gasteiger partial charge in [-0.2, -0.15) is 11.3 Å². The number of esters is 1. The standard InChI is InChI=1S/C16H15BrN2O4S/c17-12-3-1-2-4-13(12)19-14(20)8-18-15(21)9-23-16(22)7-11-5-6-24-10-11/h1-6,10H,7-9H2,(H,18,21)(H,19,20). The van der Waals surface area contributed by atoms with Gasteiger partial charge in [-0.1, -0.05) is 12.1 Å². The number of amides is 2. The summed E-state index contributed by atoms with van der Waals surface area (Å²) < 4.78 is 5.60. The average molecular weight is 411 g/mol. The number of thiophene rings is 1. The molecule has 0 aliphatic carbocycles. The molecule has 0 saturated carbocycles. The van der Waals surface area contributed by atoms with Crippen molar-refractivity contribution in [2.24, 2.45) is 0 Å². The maximum atomic E-state index is 11.8. The van der Waals surface area contributed by atoms with Gasteiger partial charge in [0.25, 0.3) is 5.91 Å². The second-order valence-corrected chi connectivity index (χ2v) is 6.41. The molecule has 0 atom stereocenters. The van der Waals surface area contributed by atoms with E-state index in [2.05, 4.69) is 26.6 Å². The molecule has 2 N–H and O–H groups in total. The molecule has 8 heteroatoms. The number of carbonyl (C=O) groups excluding carboxylic acids is 3. The van der Waals surface area contributed by atoms with Crippen LogP contribution in [0.3, 0.4) is 0 Å². The Morgan fingerprint density at radius 2 is 1.92 bits per heavy atom. The quantitative estimate of drug-likeness (QED) is 0.686.